The predicted molar refractivity (Wildman–Crippen MR) is 110 cm³/mol. The molecule has 1 aliphatic rings. The molecule has 0 spiro atoms. The van der Waals surface area contributed by atoms with Crippen LogP contribution in [0.3, 0.4) is 0 Å². The fraction of sp³-hybridized carbons (Fsp3) is 0.316. The van der Waals surface area contributed by atoms with Crippen LogP contribution in [0.1, 0.15) is 11.6 Å². The number of anilines is 1. The summed E-state index contributed by atoms with van der Waals surface area (Å²) in [4.78, 5) is 6.50. The molecule has 0 radical (unpaired) electrons. The summed E-state index contributed by atoms with van der Waals surface area (Å²) < 4.78 is 41.3. The molecule has 148 valence electrons. The summed E-state index contributed by atoms with van der Waals surface area (Å²) >= 11 is 1.36. The summed E-state index contributed by atoms with van der Waals surface area (Å²) in [5.74, 6) is 0. The summed E-state index contributed by atoms with van der Waals surface area (Å²) in [6.07, 6.45) is 0. The molecule has 0 aliphatic carbocycles. The maximum Gasteiger partial charge on any atom is 0.288 e. The van der Waals surface area contributed by atoms with E-state index in [2.05, 4.69) is 10.3 Å². The van der Waals surface area contributed by atoms with Gasteiger partial charge < -0.3 is 10.1 Å². The average molecular weight is 420 g/mol. The van der Waals surface area contributed by atoms with Crippen LogP contribution in [0, 0.1) is 0 Å². The number of nitrogens with zero attached hydrogens (tertiary/aromatic N) is 2. The zero-order chi connectivity index (χ0) is 19.6. The van der Waals surface area contributed by atoms with Gasteiger partial charge in [-0.05, 0) is 17.7 Å². The second-order valence-corrected chi connectivity index (χ2v) is 9.14. The second-order valence-electron chi connectivity index (χ2n) is 6.57. The summed E-state index contributed by atoms with van der Waals surface area (Å²) in [7, 11) is -4.42. The number of rotatable bonds is 6. The molecule has 2 heterocycles. The van der Waals surface area contributed by atoms with Crippen LogP contribution in [-0.2, 0) is 14.9 Å². The standard InChI is InChI=1S/C19H21N3O4S2/c23-28(24,25)18(21-19-20-15-8-4-5-9-16(15)27-19)17(14-6-2-1-3-7-14)22-10-12-26-13-11-22/h1-9,17-18H,10-13H2,(H,20,21)(H,23,24,25). The van der Waals surface area contributed by atoms with Gasteiger partial charge >= 0.3 is 0 Å². The van der Waals surface area contributed by atoms with E-state index in [1.54, 1.807) is 0 Å². The van der Waals surface area contributed by atoms with Gasteiger partial charge in [-0.3, -0.25) is 9.45 Å². The second kappa shape index (κ2) is 8.14. The van der Waals surface area contributed by atoms with Crippen LogP contribution in [0.15, 0.2) is 54.6 Å². The first-order chi connectivity index (χ1) is 13.5. The maximum atomic E-state index is 12.4. The van der Waals surface area contributed by atoms with Crippen molar-refractivity contribution in [2.45, 2.75) is 11.4 Å². The predicted octanol–water partition coefficient (Wildman–Crippen LogP) is 3.00. The summed E-state index contributed by atoms with van der Waals surface area (Å²) in [6.45, 7) is 2.19. The first-order valence-electron chi connectivity index (χ1n) is 8.97. The Morgan fingerprint density at radius 3 is 2.43 bits per heavy atom. The van der Waals surface area contributed by atoms with E-state index in [0.717, 1.165) is 15.8 Å². The van der Waals surface area contributed by atoms with E-state index in [-0.39, 0.29) is 0 Å². The molecule has 4 rings (SSSR count). The van der Waals surface area contributed by atoms with Gasteiger partial charge in [-0.15, -0.1) is 0 Å². The van der Waals surface area contributed by atoms with Crippen LogP contribution in [0.5, 0.6) is 0 Å². The van der Waals surface area contributed by atoms with Gasteiger partial charge in [-0.1, -0.05) is 53.8 Å². The summed E-state index contributed by atoms with van der Waals surface area (Å²) in [5.41, 5.74) is 1.59. The van der Waals surface area contributed by atoms with Crippen molar-refractivity contribution in [3.8, 4) is 0 Å². The van der Waals surface area contributed by atoms with Crippen molar-refractivity contribution in [1.82, 2.24) is 9.88 Å². The molecule has 1 aromatic heterocycles. The summed E-state index contributed by atoms with van der Waals surface area (Å²) in [6, 6.07) is 16.4. The minimum atomic E-state index is -4.42. The fourth-order valence-electron chi connectivity index (χ4n) is 3.45. The van der Waals surface area contributed by atoms with Crippen molar-refractivity contribution in [1.29, 1.82) is 0 Å². The highest BCUT2D eigenvalue weighted by Gasteiger charge is 2.38. The number of aromatic nitrogens is 1. The number of ether oxygens (including phenoxy) is 1. The summed E-state index contributed by atoms with van der Waals surface area (Å²) in [5, 5.41) is 2.19. The van der Waals surface area contributed by atoms with Crippen LogP contribution < -0.4 is 5.32 Å². The number of para-hydroxylation sites is 1. The largest absolute Gasteiger partial charge is 0.379 e. The number of nitrogens with one attached hydrogen (secondary N) is 1. The molecule has 1 aliphatic heterocycles. The van der Waals surface area contributed by atoms with E-state index in [1.807, 2.05) is 59.5 Å². The van der Waals surface area contributed by atoms with Gasteiger partial charge in [0.05, 0.1) is 29.5 Å². The maximum absolute atomic E-state index is 12.4. The molecule has 0 amide bonds. The number of fused-ring (bicyclic) bond motifs is 1. The number of hydrogen-bond acceptors (Lipinski definition) is 7. The Kier molecular flexibility index (Phi) is 5.61. The Bertz CT molecular complexity index is 1000. The normalized spacial score (nSPS) is 18.0. The topological polar surface area (TPSA) is 91.8 Å². The molecule has 7 nitrogen and oxygen atoms in total. The van der Waals surface area contributed by atoms with Gasteiger partial charge in [0.25, 0.3) is 10.1 Å². The van der Waals surface area contributed by atoms with E-state index in [4.69, 9.17) is 4.74 Å². The quantitative estimate of drug-likeness (QED) is 0.594. The molecule has 2 N–H and O–H groups in total. The van der Waals surface area contributed by atoms with E-state index in [0.29, 0.717) is 31.4 Å². The third-order valence-corrected chi connectivity index (χ3v) is 6.73. The van der Waals surface area contributed by atoms with Gasteiger partial charge in [0.2, 0.25) is 0 Å². The van der Waals surface area contributed by atoms with E-state index < -0.39 is 21.5 Å². The molecule has 0 saturated carbocycles. The molecule has 1 fully saturated rings. The number of hydrogen-bond donors (Lipinski definition) is 2. The van der Waals surface area contributed by atoms with Crippen molar-refractivity contribution in [2.24, 2.45) is 0 Å². The van der Waals surface area contributed by atoms with Crippen molar-refractivity contribution in [2.75, 3.05) is 31.6 Å². The lowest BCUT2D eigenvalue weighted by atomic mass is 10.0. The Labute approximate surface area is 167 Å². The Hall–Kier alpha value is -2.04. The van der Waals surface area contributed by atoms with Crippen LogP contribution in [0.2, 0.25) is 0 Å². The molecular formula is C19H21N3O4S2. The van der Waals surface area contributed by atoms with Crippen molar-refractivity contribution in [3.05, 3.63) is 60.2 Å². The average Bonchev–Trinajstić information content (AvgIpc) is 3.11. The minimum absolute atomic E-state index is 0.456. The van der Waals surface area contributed by atoms with Crippen LogP contribution >= 0.6 is 11.3 Å². The van der Waals surface area contributed by atoms with Crippen molar-refractivity contribution < 1.29 is 17.7 Å². The zero-order valence-electron chi connectivity index (χ0n) is 15.1. The third kappa shape index (κ3) is 4.18. The molecule has 0 bridgehead atoms. The van der Waals surface area contributed by atoms with Gasteiger partial charge in [0.1, 0.15) is 0 Å². The van der Waals surface area contributed by atoms with Gasteiger partial charge in [-0.25, -0.2) is 4.98 Å². The number of benzene rings is 2. The minimum Gasteiger partial charge on any atom is -0.379 e. The van der Waals surface area contributed by atoms with Crippen LogP contribution in [0.4, 0.5) is 5.13 Å². The highest BCUT2D eigenvalue weighted by atomic mass is 32.2. The Balaban J connectivity index is 1.74. The molecule has 2 unspecified atom stereocenters. The van der Waals surface area contributed by atoms with E-state index in [1.165, 1.54) is 11.3 Å². The Morgan fingerprint density at radius 1 is 1.07 bits per heavy atom. The SMILES string of the molecule is O=S(=O)(O)C(Nc1nc2ccccc2s1)C(c1ccccc1)N1CCOCC1. The number of morpholine rings is 1. The van der Waals surface area contributed by atoms with E-state index in [9.17, 15) is 13.0 Å². The van der Waals surface area contributed by atoms with Crippen molar-refractivity contribution >= 4 is 36.8 Å². The molecular weight excluding hydrogens is 398 g/mol. The van der Waals surface area contributed by atoms with E-state index >= 15 is 0 Å². The van der Waals surface area contributed by atoms with Crippen molar-refractivity contribution in [3.63, 3.8) is 0 Å². The van der Waals surface area contributed by atoms with Gasteiger partial charge in [0.15, 0.2) is 10.5 Å². The van der Waals surface area contributed by atoms with Gasteiger partial charge in [0, 0.05) is 13.1 Å². The zero-order valence-corrected chi connectivity index (χ0v) is 16.7. The first-order valence-corrected chi connectivity index (χ1v) is 11.3. The number of thiazole rings is 1. The lowest BCUT2D eigenvalue weighted by Gasteiger charge is -2.38. The lowest BCUT2D eigenvalue weighted by molar-refractivity contribution is 0.0159. The smallest absolute Gasteiger partial charge is 0.288 e. The molecule has 2 atom stereocenters. The van der Waals surface area contributed by atoms with Crippen LogP contribution in [0.25, 0.3) is 10.2 Å². The first kappa shape index (κ1) is 19.3. The molecule has 1 saturated heterocycles. The highest BCUT2D eigenvalue weighted by Crippen LogP contribution is 2.33. The molecule has 28 heavy (non-hydrogen) atoms. The molecule has 2 aromatic carbocycles. The molecule has 3 aromatic rings. The monoisotopic (exact) mass is 419 g/mol. The third-order valence-electron chi connectivity index (χ3n) is 4.75. The Morgan fingerprint density at radius 2 is 1.75 bits per heavy atom. The fourth-order valence-corrected chi connectivity index (χ4v) is 5.35. The lowest BCUT2D eigenvalue weighted by Crippen LogP contribution is -2.48. The highest BCUT2D eigenvalue weighted by molar-refractivity contribution is 7.86. The molecule has 9 heteroatoms. The van der Waals surface area contributed by atoms with Gasteiger partial charge in [-0.2, -0.15) is 8.42 Å². The van der Waals surface area contributed by atoms with Crippen LogP contribution in [-0.4, -0.2) is 54.5 Å².